The fourth-order valence-electron chi connectivity index (χ4n) is 14.9. The molecule has 15 N–H and O–H groups in total. The van der Waals surface area contributed by atoms with Crippen molar-refractivity contribution in [2.24, 2.45) is 40.4 Å². The van der Waals surface area contributed by atoms with Gasteiger partial charge in [-0.25, -0.2) is 0 Å². The van der Waals surface area contributed by atoms with Gasteiger partial charge in [0.15, 0.2) is 30.9 Å². The lowest BCUT2D eigenvalue weighted by atomic mass is 9.45. The third kappa shape index (κ3) is 10.1. The summed E-state index contributed by atoms with van der Waals surface area (Å²) < 4.78 is 53.8. The number of aliphatic hydroxyl groups is 15. The van der Waals surface area contributed by atoms with E-state index < -0.39 is 172 Å². The maximum Gasteiger partial charge on any atom is 0.187 e. The van der Waals surface area contributed by atoms with E-state index in [-0.39, 0.29) is 48.0 Å². The number of fused-ring (bicyclic) bond motifs is 7. The van der Waals surface area contributed by atoms with Crippen LogP contribution in [-0.2, 0) is 42.6 Å². The van der Waals surface area contributed by atoms with Crippen molar-refractivity contribution in [3.8, 4) is 0 Å². The number of hydrogen-bond donors (Lipinski definition) is 15. The van der Waals surface area contributed by atoms with Crippen molar-refractivity contribution in [1.82, 2.24) is 0 Å². The monoisotopic (exact) mass is 1080 g/mol. The van der Waals surface area contributed by atoms with Crippen LogP contribution in [0.5, 0.6) is 0 Å². The Balaban J connectivity index is 0.820. The summed E-state index contributed by atoms with van der Waals surface area (Å²) in [4.78, 5) is 0. The predicted molar refractivity (Wildman–Crippen MR) is 252 cm³/mol. The molecule has 5 heterocycles. The standard InChI is InChI=1S/C51H84O24/c1-20(19-67-46-42(38(61)34(57)29(17-53)71-46)73-45-41(64)37(60)33(56)28(16-52)70-45)8-13-51(66)21(2)31-27(75-51)15-50(65)26-7-6-23-14-24(9-11-48(23,4)25(26)10-12-49(31,50)5)69-47-43(39(62)35(58)30(18-54)72-47)74-44-40(63)36(59)32(55)22(3)68-44/h6,20-22,24-47,52-66H,7-19H2,1-5H3. The Morgan fingerprint density at radius 3 is 1.79 bits per heavy atom. The first-order valence-corrected chi connectivity index (χ1v) is 27.0. The molecule has 3 saturated carbocycles. The van der Waals surface area contributed by atoms with Gasteiger partial charge < -0.3 is 119 Å². The van der Waals surface area contributed by atoms with Crippen LogP contribution in [0.1, 0.15) is 92.4 Å². The van der Waals surface area contributed by atoms with Gasteiger partial charge in [-0.05, 0) is 75.0 Å². The highest BCUT2D eigenvalue weighted by molar-refractivity contribution is 5.29. The molecule has 0 aromatic heterocycles. The Bertz CT molecular complexity index is 1970. The highest BCUT2D eigenvalue weighted by Crippen LogP contribution is 2.71. The molecule has 0 bridgehead atoms. The summed E-state index contributed by atoms with van der Waals surface area (Å²) in [6.45, 7) is 7.67. The second kappa shape index (κ2) is 22.3. The summed E-state index contributed by atoms with van der Waals surface area (Å²) in [7, 11) is 0. The Morgan fingerprint density at radius 1 is 0.627 bits per heavy atom. The van der Waals surface area contributed by atoms with Gasteiger partial charge in [-0.3, -0.25) is 0 Å². The molecule has 75 heavy (non-hydrogen) atoms. The molecule has 432 valence electrons. The molecule has 24 heteroatoms. The first kappa shape index (κ1) is 58.4. The molecule has 0 spiro atoms. The van der Waals surface area contributed by atoms with Crippen LogP contribution in [0.15, 0.2) is 11.6 Å². The summed E-state index contributed by atoms with van der Waals surface area (Å²) in [6.07, 6.45) is -23.9. The van der Waals surface area contributed by atoms with E-state index in [4.69, 9.17) is 42.6 Å². The lowest BCUT2D eigenvalue weighted by molar-refractivity contribution is -0.369. The van der Waals surface area contributed by atoms with Gasteiger partial charge in [0.25, 0.3) is 0 Å². The second-order valence-electron chi connectivity index (χ2n) is 24.0. The van der Waals surface area contributed by atoms with Crippen LogP contribution in [0.25, 0.3) is 0 Å². The third-order valence-corrected chi connectivity index (χ3v) is 19.7. The third-order valence-electron chi connectivity index (χ3n) is 19.7. The van der Waals surface area contributed by atoms with Gasteiger partial charge in [-0.2, -0.15) is 0 Å². The van der Waals surface area contributed by atoms with Crippen LogP contribution in [0.4, 0.5) is 0 Å². The van der Waals surface area contributed by atoms with Gasteiger partial charge in [0.1, 0.15) is 91.6 Å². The highest BCUT2D eigenvalue weighted by atomic mass is 16.8. The summed E-state index contributed by atoms with van der Waals surface area (Å²) in [5.74, 6) is -2.31. The summed E-state index contributed by atoms with van der Waals surface area (Å²) in [6, 6.07) is 0. The van der Waals surface area contributed by atoms with Crippen molar-refractivity contribution in [3.63, 3.8) is 0 Å². The number of hydrogen-bond acceptors (Lipinski definition) is 24. The molecule has 5 saturated heterocycles. The molecule has 9 aliphatic rings. The normalized spacial score (nSPS) is 55.3. The van der Waals surface area contributed by atoms with E-state index >= 15 is 0 Å². The Labute approximate surface area is 435 Å². The van der Waals surface area contributed by atoms with Crippen LogP contribution < -0.4 is 0 Å². The zero-order valence-corrected chi connectivity index (χ0v) is 43.2. The average Bonchev–Trinajstić information content (AvgIpc) is 3.88. The van der Waals surface area contributed by atoms with E-state index in [0.717, 1.165) is 6.42 Å². The van der Waals surface area contributed by atoms with Gasteiger partial charge in [0.2, 0.25) is 0 Å². The van der Waals surface area contributed by atoms with Gasteiger partial charge in [-0.15, -0.1) is 0 Å². The molecule has 0 radical (unpaired) electrons. The fourth-order valence-corrected chi connectivity index (χ4v) is 14.9. The number of rotatable bonds is 15. The van der Waals surface area contributed by atoms with Gasteiger partial charge in [0, 0.05) is 30.1 Å². The lowest BCUT2D eigenvalue weighted by Gasteiger charge is -2.61. The largest absolute Gasteiger partial charge is 0.394 e. The molecule has 0 aromatic carbocycles. The second-order valence-corrected chi connectivity index (χ2v) is 24.0. The molecule has 31 unspecified atom stereocenters. The number of aliphatic hydroxyl groups excluding tert-OH is 13. The topological polar surface area (TPSA) is 387 Å². The Morgan fingerprint density at radius 2 is 1.17 bits per heavy atom. The predicted octanol–water partition coefficient (Wildman–Crippen LogP) is -3.89. The van der Waals surface area contributed by atoms with Crippen molar-refractivity contribution in [3.05, 3.63) is 11.6 Å². The van der Waals surface area contributed by atoms with Gasteiger partial charge in [-0.1, -0.05) is 39.3 Å². The average molecular weight is 1080 g/mol. The molecule has 5 aliphatic heterocycles. The van der Waals surface area contributed by atoms with E-state index in [1.165, 1.54) is 12.5 Å². The summed E-state index contributed by atoms with van der Waals surface area (Å²) in [5, 5.41) is 161. The van der Waals surface area contributed by atoms with Crippen LogP contribution in [0, 0.1) is 40.4 Å². The maximum atomic E-state index is 13.1. The van der Waals surface area contributed by atoms with E-state index in [9.17, 15) is 76.6 Å². The summed E-state index contributed by atoms with van der Waals surface area (Å²) >= 11 is 0. The molecular weight excluding hydrogens is 997 g/mol. The van der Waals surface area contributed by atoms with Crippen LogP contribution in [0.3, 0.4) is 0 Å². The fraction of sp³-hybridized carbons (Fsp3) is 0.961. The van der Waals surface area contributed by atoms with E-state index in [0.29, 0.717) is 44.9 Å². The van der Waals surface area contributed by atoms with Crippen LogP contribution >= 0.6 is 0 Å². The quantitative estimate of drug-likeness (QED) is 0.0697. The molecule has 24 nitrogen and oxygen atoms in total. The minimum absolute atomic E-state index is 0.0155. The minimum Gasteiger partial charge on any atom is -0.394 e. The SMILES string of the molecule is CC(CCC1(O)OC2CC3(O)C4CC=C5CC(OC6OC(CO)C(O)C(O)C6OC6OC(C)C(O)C(O)C6O)CCC5(C)C4CCC3(C)C2C1C)COC1OC(CO)C(O)C(O)C1OC1OC(CO)C(O)C(O)C1O. The molecule has 0 aromatic rings. The molecule has 0 amide bonds. The summed E-state index contributed by atoms with van der Waals surface area (Å²) in [5.41, 5.74) is -0.829. The number of ether oxygens (including phenoxy) is 9. The van der Waals surface area contributed by atoms with Crippen molar-refractivity contribution >= 4 is 0 Å². The van der Waals surface area contributed by atoms with Gasteiger partial charge in [0.05, 0.1) is 50.3 Å². The molecule has 8 fully saturated rings. The lowest BCUT2D eigenvalue weighted by Crippen LogP contribution is -2.64. The van der Waals surface area contributed by atoms with E-state index in [1.54, 1.807) is 0 Å². The Hall–Kier alpha value is -1.22. The first-order valence-electron chi connectivity index (χ1n) is 27.0. The highest BCUT2D eigenvalue weighted by Gasteiger charge is 2.74. The van der Waals surface area contributed by atoms with Crippen LogP contribution in [-0.4, -0.2) is 249 Å². The van der Waals surface area contributed by atoms with Crippen LogP contribution in [0.2, 0.25) is 0 Å². The maximum absolute atomic E-state index is 13.1. The van der Waals surface area contributed by atoms with Crippen molar-refractivity contribution in [2.75, 3.05) is 26.4 Å². The Kier molecular flexibility index (Phi) is 17.3. The van der Waals surface area contributed by atoms with Crippen molar-refractivity contribution < 1.29 is 119 Å². The molecule has 4 aliphatic carbocycles. The molecule has 9 rings (SSSR count). The zero-order valence-electron chi connectivity index (χ0n) is 43.2. The van der Waals surface area contributed by atoms with Crippen molar-refractivity contribution in [1.29, 1.82) is 0 Å². The molecular formula is C51H84O24. The zero-order chi connectivity index (χ0) is 54.4. The van der Waals surface area contributed by atoms with E-state index in [1.807, 2.05) is 13.8 Å². The minimum atomic E-state index is -1.81. The smallest absolute Gasteiger partial charge is 0.187 e. The first-order chi connectivity index (χ1) is 35.4. The molecule has 31 atom stereocenters. The van der Waals surface area contributed by atoms with E-state index in [2.05, 4.69) is 19.9 Å². The number of allylic oxidation sites excluding steroid dienone is 1. The van der Waals surface area contributed by atoms with Gasteiger partial charge >= 0.3 is 0 Å². The van der Waals surface area contributed by atoms with Crippen molar-refractivity contribution in [2.45, 2.75) is 239 Å².